The fraction of sp³-hybridized carbons (Fsp3) is 1.00. The van der Waals surface area contributed by atoms with Gasteiger partial charge in [0, 0.05) is 12.1 Å². The van der Waals surface area contributed by atoms with Crippen LogP contribution in [-0.2, 0) is 0 Å². The quantitative estimate of drug-likeness (QED) is 0.709. The molecule has 3 aliphatic rings. The number of rotatable bonds is 4. The molecule has 3 saturated carbocycles. The Morgan fingerprint density at radius 3 is 2.50 bits per heavy atom. The van der Waals surface area contributed by atoms with E-state index in [0.717, 1.165) is 42.7 Å². The average molecular weight is 194 g/mol. The summed E-state index contributed by atoms with van der Waals surface area (Å²) in [5, 5.41) is 3.71. The minimum Gasteiger partial charge on any atom is -0.328 e. The fourth-order valence-corrected chi connectivity index (χ4v) is 4.08. The van der Waals surface area contributed by atoms with Gasteiger partial charge in [-0.15, -0.1) is 0 Å². The highest BCUT2D eigenvalue weighted by Gasteiger charge is 2.64. The molecule has 2 heteroatoms. The Kier molecular flexibility index (Phi) is 2.10. The molecule has 0 aromatic rings. The van der Waals surface area contributed by atoms with Crippen molar-refractivity contribution in [1.82, 2.24) is 5.32 Å². The molecule has 5 unspecified atom stereocenters. The summed E-state index contributed by atoms with van der Waals surface area (Å²) in [5.74, 6) is 4.33. The molecule has 14 heavy (non-hydrogen) atoms. The van der Waals surface area contributed by atoms with E-state index >= 15 is 0 Å². The topological polar surface area (TPSA) is 38.0 Å². The van der Waals surface area contributed by atoms with Gasteiger partial charge < -0.3 is 11.1 Å². The third-order valence-corrected chi connectivity index (χ3v) is 4.72. The lowest BCUT2D eigenvalue weighted by molar-refractivity contribution is 0.453. The lowest BCUT2D eigenvalue weighted by atomic mass is 10.0. The largest absolute Gasteiger partial charge is 0.328 e. The summed E-state index contributed by atoms with van der Waals surface area (Å²) in [4.78, 5) is 0. The number of fused-ring (bicyclic) bond motifs is 5. The third kappa shape index (κ3) is 1.31. The van der Waals surface area contributed by atoms with Crippen molar-refractivity contribution in [3.05, 3.63) is 0 Å². The second-order valence-corrected chi connectivity index (χ2v) is 5.73. The maximum absolute atomic E-state index is 5.74. The first-order chi connectivity index (χ1) is 6.77. The lowest BCUT2D eigenvalue weighted by Gasteiger charge is -2.11. The minimum atomic E-state index is 0.359. The van der Waals surface area contributed by atoms with Crippen molar-refractivity contribution in [3.63, 3.8) is 0 Å². The van der Waals surface area contributed by atoms with Gasteiger partial charge in [-0.3, -0.25) is 0 Å². The summed E-state index contributed by atoms with van der Waals surface area (Å²) in [7, 11) is 0. The summed E-state index contributed by atoms with van der Waals surface area (Å²) in [6, 6.07) is 1.25. The highest BCUT2D eigenvalue weighted by molar-refractivity contribution is 5.16. The monoisotopic (exact) mass is 194 g/mol. The zero-order valence-corrected chi connectivity index (χ0v) is 9.08. The Balaban J connectivity index is 1.45. The Morgan fingerprint density at radius 2 is 1.93 bits per heavy atom. The Hall–Kier alpha value is -0.0800. The van der Waals surface area contributed by atoms with Crippen molar-refractivity contribution < 1.29 is 0 Å². The maximum atomic E-state index is 5.74. The number of nitrogens with two attached hydrogens (primary N) is 1. The zero-order chi connectivity index (χ0) is 9.71. The van der Waals surface area contributed by atoms with Crippen molar-refractivity contribution in [3.8, 4) is 0 Å². The Labute approximate surface area is 86.6 Å². The van der Waals surface area contributed by atoms with Crippen LogP contribution in [0.1, 0.15) is 32.6 Å². The molecule has 2 bridgehead atoms. The van der Waals surface area contributed by atoms with Crippen LogP contribution in [0.5, 0.6) is 0 Å². The normalized spacial score (nSPS) is 50.6. The number of hydrogen-bond donors (Lipinski definition) is 2. The van der Waals surface area contributed by atoms with E-state index in [1.54, 1.807) is 6.42 Å². The molecule has 0 aliphatic heterocycles. The SMILES string of the molecule is CC(N)CCNC1C2C3CCC(C3)C12. The zero-order valence-electron chi connectivity index (χ0n) is 9.08. The first kappa shape index (κ1) is 9.17. The van der Waals surface area contributed by atoms with Crippen molar-refractivity contribution >= 4 is 0 Å². The van der Waals surface area contributed by atoms with Gasteiger partial charge in [-0.25, -0.2) is 0 Å². The highest BCUT2D eigenvalue weighted by Crippen LogP contribution is 2.65. The second kappa shape index (κ2) is 3.21. The predicted octanol–water partition coefficient (Wildman–Crippen LogP) is 1.36. The average Bonchev–Trinajstić information content (AvgIpc) is 2.57. The van der Waals surface area contributed by atoms with Gasteiger partial charge in [0.25, 0.3) is 0 Å². The molecule has 0 aromatic heterocycles. The van der Waals surface area contributed by atoms with Crippen LogP contribution in [0.4, 0.5) is 0 Å². The molecule has 0 amide bonds. The van der Waals surface area contributed by atoms with E-state index in [0.29, 0.717) is 6.04 Å². The maximum Gasteiger partial charge on any atom is 0.0136 e. The molecule has 5 atom stereocenters. The van der Waals surface area contributed by atoms with E-state index in [9.17, 15) is 0 Å². The van der Waals surface area contributed by atoms with Gasteiger partial charge >= 0.3 is 0 Å². The first-order valence-corrected chi connectivity index (χ1v) is 6.26. The molecule has 3 rings (SSSR count). The van der Waals surface area contributed by atoms with Crippen LogP contribution in [0.15, 0.2) is 0 Å². The van der Waals surface area contributed by atoms with Crippen LogP contribution in [-0.4, -0.2) is 18.6 Å². The Bertz CT molecular complexity index is 210. The first-order valence-electron chi connectivity index (χ1n) is 6.26. The summed E-state index contributed by atoms with van der Waals surface area (Å²) in [5.41, 5.74) is 5.74. The smallest absolute Gasteiger partial charge is 0.0136 e. The molecule has 0 saturated heterocycles. The van der Waals surface area contributed by atoms with E-state index in [4.69, 9.17) is 5.73 Å². The summed E-state index contributed by atoms with van der Waals surface area (Å²) in [6.45, 7) is 3.23. The standard InChI is InChI=1S/C12H22N2/c1-7(13)4-5-14-12-10-8-2-3-9(6-8)11(10)12/h7-12,14H,2-6,13H2,1H3. The van der Waals surface area contributed by atoms with Crippen molar-refractivity contribution in [1.29, 1.82) is 0 Å². The van der Waals surface area contributed by atoms with Crippen molar-refractivity contribution in [2.75, 3.05) is 6.54 Å². The summed E-state index contributed by atoms with van der Waals surface area (Å²) < 4.78 is 0. The highest BCUT2D eigenvalue weighted by atomic mass is 15.0. The van der Waals surface area contributed by atoms with Gasteiger partial charge in [0.2, 0.25) is 0 Å². The summed E-state index contributed by atoms with van der Waals surface area (Å²) >= 11 is 0. The van der Waals surface area contributed by atoms with Crippen LogP contribution in [0.25, 0.3) is 0 Å². The minimum absolute atomic E-state index is 0.359. The fourth-order valence-electron chi connectivity index (χ4n) is 4.08. The summed E-state index contributed by atoms with van der Waals surface area (Å²) in [6.07, 6.45) is 5.74. The van der Waals surface area contributed by atoms with Crippen molar-refractivity contribution in [2.24, 2.45) is 29.4 Å². The van der Waals surface area contributed by atoms with E-state index < -0.39 is 0 Å². The van der Waals surface area contributed by atoms with Crippen molar-refractivity contribution in [2.45, 2.75) is 44.7 Å². The molecule has 3 aliphatic carbocycles. The van der Waals surface area contributed by atoms with Gasteiger partial charge in [-0.05, 0) is 62.8 Å². The molecule has 3 N–H and O–H groups in total. The van der Waals surface area contributed by atoms with Gasteiger partial charge in [0.15, 0.2) is 0 Å². The Morgan fingerprint density at radius 1 is 1.29 bits per heavy atom. The third-order valence-electron chi connectivity index (χ3n) is 4.72. The van der Waals surface area contributed by atoms with Gasteiger partial charge in [0.05, 0.1) is 0 Å². The molecule has 80 valence electrons. The van der Waals surface area contributed by atoms with Crippen LogP contribution in [0.2, 0.25) is 0 Å². The molecule has 0 aromatic carbocycles. The van der Waals surface area contributed by atoms with Gasteiger partial charge in [-0.2, -0.15) is 0 Å². The van der Waals surface area contributed by atoms with E-state index in [2.05, 4.69) is 12.2 Å². The van der Waals surface area contributed by atoms with Gasteiger partial charge in [0.1, 0.15) is 0 Å². The molecule has 0 spiro atoms. The van der Waals surface area contributed by atoms with Crippen LogP contribution in [0, 0.1) is 23.7 Å². The second-order valence-electron chi connectivity index (χ2n) is 5.73. The van der Waals surface area contributed by atoms with E-state index in [-0.39, 0.29) is 0 Å². The van der Waals surface area contributed by atoms with E-state index in [1.165, 1.54) is 12.8 Å². The molecular weight excluding hydrogens is 172 g/mol. The molecule has 0 radical (unpaired) electrons. The van der Waals surface area contributed by atoms with E-state index in [1.807, 2.05) is 0 Å². The number of hydrogen-bond acceptors (Lipinski definition) is 2. The molecule has 0 heterocycles. The van der Waals surface area contributed by atoms with Crippen LogP contribution >= 0.6 is 0 Å². The molecule has 2 nitrogen and oxygen atoms in total. The molecule has 3 fully saturated rings. The van der Waals surface area contributed by atoms with Crippen LogP contribution in [0.3, 0.4) is 0 Å². The van der Waals surface area contributed by atoms with Crippen LogP contribution < -0.4 is 11.1 Å². The molecular formula is C12H22N2. The van der Waals surface area contributed by atoms with Gasteiger partial charge in [-0.1, -0.05) is 0 Å². The predicted molar refractivity (Wildman–Crippen MR) is 57.9 cm³/mol. The lowest BCUT2D eigenvalue weighted by Crippen LogP contribution is -2.28. The number of nitrogens with one attached hydrogen (secondary N) is 1.